The smallest absolute Gasteiger partial charge is 0.263 e. The molecule has 3 aromatic rings. The molecule has 0 atom stereocenters. The van der Waals surface area contributed by atoms with E-state index in [-0.39, 0.29) is 5.91 Å². The van der Waals surface area contributed by atoms with Crippen molar-refractivity contribution in [1.82, 2.24) is 14.9 Å². The molecule has 0 spiro atoms. The quantitative estimate of drug-likeness (QED) is 0.637. The molecule has 2 aliphatic rings. The van der Waals surface area contributed by atoms with Crippen LogP contribution < -0.4 is 24.8 Å². The van der Waals surface area contributed by atoms with Crippen molar-refractivity contribution in [2.24, 2.45) is 0 Å². The number of likely N-dealkylation sites (N-methyl/N-ethyl adjacent to an activating group) is 1. The van der Waals surface area contributed by atoms with Crippen LogP contribution in [0.3, 0.4) is 0 Å². The van der Waals surface area contributed by atoms with Gasteiger partial charge in [0, 0.05) is 58.2 Å². The molecule has 2 aromatic carbocycles. The SMILES string of the molecule is COc1cc(N2CCN(C)CC2)ccc1Nc1ncc2c(n1)N(C)c1ccccc1N(C)C2=O. The Morgan fingerprint density at radius 1 is 0.941 bits per heavy atom. The molecule has 1 saturated heterocycles. The number of ether oxygens (including phenoxy) is 1. The number of piperazine rings is 1. The molecule has 0 radical (unpaired) electrons. The minimum Gasteiger partial charge on any atom is -0.494 e. The highest BCUT2D eigenvalue weighted by Gasteiger charge is 2.29. The zero-order valence-electron chi connectivity index (χ0n) is 19.9. The summed E-state index contributed by atoms with van der Waals surface area (Å²) in [7, 11) is 7.48. The van der Waals surface area contributed by atoms with Gasteiger partial charge in [0.15, 0.2) is 5.82 Å². The van der Waals surface area contributed by atoms with Crippen molar-refractivity contribution in [3.8, 4) is 5.75 Å². The van der Waals surface area contributed by atoms with Crippen LogP contribution >= 0.6 is 0 Å². The minimum atomic E-state index is -0.146. The van der Waals surface area contributed by atoms with E-state index in [1.807, 2.05) is 48.3 Å². The first-order valence-corrected chi connectivity index (χ1v) is 11.3. The Kier molecular flexibility index (Phi) is 5.70. The molecule has 5 rings (SSSR count). The van der Waals surface area contributed by atoms with E-state index in [1.165, 1.54) is 0 Å². The molecule has 1 aromatic heterocycles. The van der Waals surface area contributed by atoms with E-state index in [0.717, 1.165) is 48.9 Å². The molecule has 34 heavy (non-hydrogen) atoms. The average Bonchev–Trinajstić information content (AvgIpc) is 2.94. The highest BCUT2D eigenvalue weighted by molar-refractivity contribution is 6.12. The van der Waals surface area contributed by atoms with Gasteiger partial charge < -0.3 is 29.7 Å². The number of aromatic nitrogens is 2. The molecule has 1 N–H and O–H groups in total. The summed E-state index contributed by atoms with van der Waals surface area (Å²) in [4.78, 5) is 30.5. The molecule has 1 amide bonds. The summed E-state index contributed by atoms with van der Waals surface area (Å²) in [6.07, 6.45) is 1.58. The van der Waals surface area contributed by atoms with Gasteiger partial charge in [-0.15, -0.1) is 0 Å². The Bertz CT molecular complexity index is 1220. The number of nitrogens with zero attached hydrogens (tertiary/aromatic N) is 6. The van der Waals surface area contributed by atoms with Crippen molar-refractivity contribution in [3.05, 3.63) is 54.2 Å². The van der Waals surface area contributed by atoms with Crippen LogP contribution in [0.1, 0.15) is 10.4 Å². The lowest BCUT2D eigenvalue weighted by Gasteiger charge is -2.34. The van der Waals surface area contributed by atoms with Crippen LogP contribution in [0.15, 0.2) is 48.7 Å². The van der Waals surface area contributed by atoms with Gasteiger partial charge in [-0.2, -0.15) is 4.98 Å². The number of amides is 1. The van der Waals surface area contributed by atoms with Crippen molar-refractivity contribution in [2.45, 2.75) is 0 Å². The Balaban J connectivity index is 1.45. The molecule has 0 aliphatic carbocycles. The number of benzene rings is 2. The molecule has 9 nitrogen and oxygen atoms in total. The van der Waals surface area contributed by atoms with Crippen LogP contribution in [0.25, 0.3) is 0 Å². The van der Waals surface area contributed by atoms with Gasteiger partial charge in [-0.05, 0) is 31.3 Å². The normalized spacial score (nSPS) is 16.1. The van der Waals surface area contributed by atoms with E-state index in [2.05, 4.69) is 33.2 Å². The second kappa shape index (κ2) is 8.83. The summed E-state index contributed by atoms with van der Waals surface area (Å²) in [5.74, 6) is 1.51. The van der Waals surface area contributed by atoms with E-state index < -0.39 is 0 Å². The van der Waals surface area contributed by atoms with Crippen molar-refractivity contribution < 1.29 is 9.53 Å². The van der Waals surface area contributed by atoms with E-state index in [4.69, 9.17) is 9.72 Å². The molecule has 9 heteroatoms. The first-order valence-electron chi connectivity index (χ1n) is 11.3. The standard InChI is InChI=1S/C25H29N7O2/c1-29-11-13-32(14-12-29)17-9-10-19(22(15-17)34-4)27-25-26-16-18-23(28-25)30(2)20-7-5-6-8-21(20)31(3)24(18)33/h5-10,15-16H,11-14H2,1-4H3,(H,26,27,28). The van der Waals surface area contributed by atoms with Gasteiger partial charge >= 0.3 is 0 Å². The highest BCUT2D eigenvalue weighted by atomic mass is 16.5. The van der Waals surface area contributed by atoms with E-state index in [9.17, 15) is 4.79 Å². The van der Waals surface area contributed by atoms with Crippen molar-refractivity contribution in [3.63, 3.8) is 0 Å². The fourth-order valence-corrected chi connectivity index (χ4v) is 4.44. The predicted octanol–water partition coefficient (Wildman–Crippen LogP) is 3.34. The molecular formula is C25H29N7O2. The third-order valence-electron chi connectivity index (χ3n) is 6.53. The van der Waals surface area contributed by atoms with Crippen molar-refractivity contribution in [2.75, 3.05) is 74.4 Å². The van der Waals surface area contributed by atoms with Gasteiger partial charge in [-0.25, -0.2) is 4.98 Å². The van der Waals surface area contributed by atoms with Gasteiger partial charge in [-0.1, -0.05) is 12.1 Å². The molecule has 2 aliphatic heterocycles. The lowest BCUT2D eigenvalue weighted by molar-refractivity contribution is 0.0993. The minimum absolute atomic E-state index is 0.146. The maximum atomic E-state index is 13.1. The van der Waals surface area contributed by atoms with Gasteiger partial charge in [0.2, 0.25) is 5.95 Å². The first kappa shape index (κ1) is 22.0. The Labute approximate surface area is 199 Å². The third-order valence-corrected chi connectivity index (χ3v) is 6.53. The second-order valence-corrected chi connectivity index (χ2v) is 8.64. The summed E-state index contributed by atoms with van der Waals surface area (Å²) in [6.45, 7) is 4.04. The molecule has 176 valence electrons. The van der Waals surface area contributed by atoms with Crippen molar-refractivity contribution in [1.29, 1.82) is 0 Å². The van der Waals surface area contributed by atoms with Crippen LogP contribution in [-0.4, -0.2) is 75.2 Å². The number of carbonyl (C=O) groups excluding carboxylic acids is 1. The fourth-order valence-electron chi connectivity index (χ4n) is 4.44. The van der Waals surface area contributed by atoms with Crippen LogP contribution in [0, 0.1) is 0 Å². The van der Waals surface area contributed by atoms with Gasteiger partial charge in [0.05, 0.1) is 24.2 Å². The largest absolute Gasteiger partial charge is 0.494 e. The maximum Gasteiger partial charge on any atom is 0.263 e. The van der Waals surface area contributed by atoms with Gasteiger partial charge in [-0.3, -0.25) is 4.79 Å². The lowest BCUT2D eigenvalue weighted by Crippen LogP contribution is -2.44. The summed E-state index contributed by atoms with van der Waals surface area (Å²) >= 11 is 0. The fraction of sp³-hybridized carbons (Fsp3) is 0.320. The Hall–Kier alpha value is -3.85. The summed E-state index contributed by atoms with van der Waals surface area (Å²) in [5.41, 5.74) is 4.06. The van der Waals surface area contributed by atoms with Crippen LogP contribution in [0.4, 0.5) is 34.5 Å². The molecule has 0 saturated carbocycles. The van der Waals surface area contributed by atoms with Gasteiger partial charge in [0.25, 0.3) is 5.91 Å². The number of carbonyl (C=O) groups is 1. The topological polar surface area (TPSA) is 77.1 Å². The van der Waals surface area contributed by atoms with E-state index in [0.29, 0.717) is 23.1 Å². The van der Waals surface area contributed by atoms with E-state index >= 15 is 0 Å². The summed E-state index contributed by atoms with van der Waals surface area (Å²) in [5, 5.41) is 3.28. The monoisotopic (exact) mass is 459 g/mol. The number of hydrogen-bond donors (Lipinski definition) is 1. The van der Waals surface area contributed by atoms with Crippen LogP contribution in [0.5, 0.6) is 5.75 Å². The molecule has 0 bridgehead atoms. The highest BCUT2D eigenvalue weighted by Crippen LogP contribution is 2.38. The van der Waals surface area contributed by atoms with Gasteiger partial charge in [0.1, 0.15) is 11.3 Å². The zero-order chi connectivity index (χ0) is 23.8. The van der Waals surface area contributed by atoms with E-state index in [1.54, 1.807) is 25.3 Å². The number of para-hydroxylation sites is 2. The lowest BCUT2D eigenvalue weighted by atomic mass is 10.2. The zero-order valence-corrected chi connectivity index (χ0v) is 19.9. The van der Waals surface area contributed by atoms with Crippen LogP contribution in [0.2, 0.25) is 0 Å². The third kappa shape index (κ3) is 3.88. The average molecular weight is 460 g/mol. The maximum absolute atomic E-state index is 13.1. The summed E-state index contributed by atoms with van der Waals surface area (Å²) < 4.78 is 5.68. The molecule has 3 heterocycles. The number of anilines is 6. The number of nitrogens with one attached hydrogen (secondary N) is 1. The number of fused-ring (bicyclic) bond motifs is 2. The van der Waals surface area contributed by atoms with Crippen LogP contribution in [-0.2, 0) is 0 Å². The Morgan fingerprint density at radius 3 is 2.35 bits per heavy atom. The first-order chi connectivity index (χ1) is 16.5. The number of hydrogen-bond acceptors (Lipinski definition) is 8. The molecular weight excluding hydrogens is 430 g/mol. The summed E-state index contributed by atoms with van der Waals surface area (Å²) in [6, 6.07) is 13.9. The number of methoxy groups -OCH3 is 1. The van der Waals surface area contributed by atoms with Crippen molar-refractivity contribution >= 4 is 40.4 Å². The molecule has 0 unspecified atom stereocenters. The predicted molar refractivity (Wildman–Crippen MR) is 135 cm³/mol. The Morgan fingerprint density at radius 2 is 1.65 bits per heavy atom. The second-order valence-electron chi connectivity index (χ2n) is 8.64. The number of rotatable bonds is 4. The molecule has 1 fully saturated rings.